The van der Waals surface area contributed by atoms with Gasteiger partial charge in [-0.1, -0.05) is 12.1 Å². The molecule has 0 aliphatic carbocycles. The van der Waals surface area contributed by atoms with Crippen LogP contribution in [0.1, 0.15) is 28.7 Å². The Hall–Kier alpha value is -4.76. The zero-order chi connectivity index (χ0) is 35.0. The summed E-state index contributed by atoms with van der Waals surface area (Å²) in [7, 11) is 0. The first-order valence-corrected chi connectivity index (χ1v) is 13.2. The number of hydrogen-bond donors (Lipinski definition) is 2. The predicted octanol–water partition coefficient (Wildman–Crippen LogP) is 10.5. The molecule has 0 spiro atoms. The van der Waals surface area contributed by atoms with Crippen LogP contribution in [0.25, 0.3) is 0 Å². The van der Waals surface area contributed by atoms with Gasteiger partial charge in [0.1, 0.15) is 34.1 Å². The molecule has 0 atom stereocenters. The average molecular weight is 683 g/mol. The summed E-state index contributed by atoms with van der Waals surface area (Å²) in [5, 5.41) is 0. The van der Waals surface area contributed by atoms with Crippen LogP contribution in [0, 0.1) is 0 Å². The molecule has 4 aromatic rings. The molecule has 0 amide bonds. The number of alkyl halides is 12. The summed E-state index contributed by atoms with van der Waals surface area (Å²) in [6.07, 6.45) is -12.3. The zero-order valence-corrected chi connectivity index (χ0v) is 23.5. The molecule has 47 heavy (non-hydrogen) atoms. The van der Waals surface area contributed by atoms with Crippen LogP contribution in [0.2, 0.25) is 0 Å². The highest BCUT2D eigenvalue weighted by molar-refractivity contribution is 5.51. The van der Waals surface area contributed by atoms with E-state index in [0.29, 0.717) is 36.4 Å². The maximum absolute atomic E-state index is 14.8. The first kappa shape index (κ1) is 35.1. The highest BCUT2D eigenvalue weighted by Crippen LogP contribution is 2.53. The van der Waals surface area contributed by atoms with E-state index in [4.69, 9.17) is 20.9 Å². The number of ether oxygens (including phenoxy) is 2. The molecule has 0 aromatic heterocycles. The highest BCUT2D eigenvalue weighted by atomic mass is 19.4. The number of halogens is 12. The summed E-state index contributed by atoms with van der Waals surface area (Å²) in [6.45, 7) is 0. The Morgan fingerprint density at radius 3 is 1.32 bits per heavy atom. The topological polar surface area (TPSA) is 70.5 Å². The molecule has 4 nitrogen and oxygen atoms in total. The second kappa shape index (κ2) is 12.4. The Morgan fingerprint density at radius 1 is 0.511 bits per heavy atom. The fourth-order valence-electron chi connectivity index (χ4n) is 4.30. The Labute approximate surface area is 258 Å². The normalized spacial score (nSPS) is 13.0. The van der Waals surface area contributed by atoms with Gasteiger partial charge in [-0.15, -0.1) is 0 Å². The van der Waals surface area contributed by atoms with E-state index in [0.717, 1.165) is 48.5 Å². The highest BCUT2D eigenvalue weighted by Gasteiger charge is 2.71. The number of aryl methyl sites for hydroxylation is 1. The molecule has 0 unspecified atom stereocenters. The molecule has 0 fully saturated rings. The molecule has 16 heteroatoms. The second-order valence-corrected chi connectivity index (χ2v) is 10.2. The smallest absolute Gasteiger partial charge is 0.420 e. The molecular weight excluding hydrogens is 660 g/mol. The third-order valence-corrected chi connectivity index (χ3v) is 6.80. The summed E-state index contributed by atoms with van der Waals surface area (Å²) in [4.78, 5) is 0. The van der Waals surface area contributed by atoms with Crippen LogP contribution in [0.4, 0.5) is 64.1 Å². The summed E-state index contributed by atoms with van der Waals surface area (Å²) in [5.74, 6) is -18.7. The van der Waals surface area contributed by atoms with E-state index in [-0.39, 0.29) is 22.7 Å². The number of rotatable bonds is 10. The molecule has 0 aliphatic heterocycles. The minimum Gasteiger partial charge on any atom is -0.457 e. The molecule has 0 saturated heterocycles. The van der Waals surface area contributed by atoms with Crippen LogP contribution in [0.5, 0.6) is 23.0 Å². The van der Waals surface area contributed by atoms with Crippen molar-refractivity contribution in [1.29, 1.82) is 0 Å². The number of benzene rings is 4. The fourth-order valence-corrected chi connectivity index (χ4v) is 4.30. The van der Waals surface area contributed by atoms with Gasteiger partial charge < -0.3 is 20.9 Å². The second-order valence-electron chi connectivity index (χ2n) is 10.2. The molecule has 0 radical (unpaired) electrons. The number of anilines is 2. The van der Waals surface area contributed by atoms with Gasteiger partial charge in [-0.3, -0.25) is 0 Å². The number of nitrogen functional groups attached to an aromatic ring is 2. The molecule has 4 rings (SSSR count). The lowest BCUT2D eigenvalue weighted by Crippen LogP contribution is -2.52. The van der Waals surface area contributed by atoms with E-state index in [1.54, 1.807) is 0 Å². The van der Waals surface area contributed by atoms with Crippen molar-refractivity contribution in [2.75, 3.05) is 11.5 Å². The lowest BCUT2D eigenvalue weighted by atomic mass is 9.93. The quantitative estimate of drug-likeness (QED) is 0.129. The van der Waals surface area contributed by atoms with Crippen molar-refractivity contribution in [2.24, 2.45) is 0 Å². The maximum atomic E-state index is 14.8. The zero-order valence-electron chi connectivity index (χ0n) is 23.5. The van der Waals surface area contributed by atoms with Crippen LogP contribution < -0.4 is 20.9 Å². The van der Waals surface area contributed by atoms with Crippen molar-refractivity contribution in [1.82, 2.24) is 0 Å². The van der Waals surface area contributed by atoms with Gasteiger partial charge in [-0.2, -0.15) is 52.7 Å². The monoisotopic (exact) mass is 682 g/mol. The van der Waals surface area contributed by atoms with E-state index >= 15 is 0 Å². The first-order chi connectivity index (χ1) is 21.6. The lowest BCUT2D eigenvalue weighted by Gasteiger charge is -2.33. The molecule has 0 saturated carbocycles. The molecular formula is C31H22F12N2O2. The van der Waals surface area contributed by atoms with Crippen molar-refractivity contribution in [3.63, 3.8) is 0 Å². The Kier molecular flexibility index (Phi) is 9.30. The van der Waals surface area contributed by atoms with Crippen molar-refractivity contribution >= 4 is 11.4 Å². The van der Waals surface area contributed by atoms with Crippen LogP contribution in [0.15, 0.2) is 84.9 Å². The first-order valence-electron chi connectivity index (χ1n) is 13.2. The standard InChI is InChI=1S/C31H22F12N2O2/c32-27(33,14-13-17-1-7-21(8-2-17)46-25-11-5-19(44)15-23(25)29(36,37)38)31(42,43)28(34,35)18-3-9-22(10-4-18)47-26-12-6-20(45)16-24(26)30(39,40)41/h1-12,15-16H,13-14,44-45H2. The van der Waals surface area contributed by atoms with E-state index in [9.17, 15) is 52.7 Å². The van der Waals surface area contributed by atoms with Gasteiger partial charge in [0, 0.05) is 23.4 Å². The summed E-state index contributed by atoms with van der Waals surface area (Å²) >= 11 is 0. The van der Waals surface area contributed by atoms with Crippen molar-refractivity contribution in [2.45, 2.75) is 43.0 Å². The molecule has 0 heterocycles. The van der Waals surface area contributed by atoms with Gasteiger partial charge in [0.2, 0.25) is 0 Å². The van der Waals surface area contributed by atoms with Crippen LogP contribution in [0.3, 0.4) is 0 Å². The van der Waals surface area contributed by atoms with Gasteiger partial charge in [-0.25, -0.2) is 0 Å². The maximum Gasteiger partial charge on any atom is 0.420 e. The van der Waals surface area contributed by atoms with Crippen LogP contribution in [-0.4, -0.2) is 11.8 Å². The molecule has 4 aromatic carbocycles. The van der Waals surface area contributed by atoms with E-state index in [1.807, 2.05) is 0 Å². The fraction of sp³-hybridized carbons (Fsp3) is 0.226. The predicted molar refractivity (Wildman–Crippen MR) is 147 cm³/mol. The third-order valence-electron chi connectivity index (χ3n) is 6.80. The lowest BCUT2D eigenvalue weighted by molar-refractivity contribution is -0.316. The Morgan fingerprint density at radius 2 is 0.915 bits per heavy atom. The van der Waals surface area contributed by atoms with E-state index < -0.39 is 76.9 Å². The van der Waals surface area contributed by atoms with Crippen LogP contribution >= 0.6 is 0 Å². The summed E-state index contributed by atoms with van der Waals surface area (Å²) in [5.41, 5.74) is 6.19. The van der Waals surface area contributed by atoms with Crippen molar-refractivity contribution < 1.29 is 62.2 Å². The molecule has 0 aliphatic rings. The summed E-state index contributed by atoms with van der Waals surface area (Å²) < 4.78 is 178. The molecule has 4 N–H and O–H groups in total. The van der Waals surface area contributed by atoms with Crippen molar-refractivity contribution in [3.05, 3.63) is 107 Å². The van der Waals surface area contributed by atoms with E-state index in [2.05, 4.69) is 0 Å². The SMILES string of the molecule is Nc1ccc(Oc2ccc(CCC(F)(F)C(F)(F)C(F)(F)c3ccc(Oc4ccc(N)cc4C(F)(F)F)cc3)cc2)c(C(F)(F)F)c1. The van der Waals surface area contributed by atoms with Gasteiger partial charge in [0.05, 0.1) is 0 Å². The minimum atomic E-state index is -5.94. The number of hydrogen-bond acceptors (Lipinski definition) is 4. The Bertz CT molecular complexity index is 1700. The number of nitrogens with two attached hydrogens (primary N) is 2. The van der Waals surface area contributed by atoms with Gasteiger partial charge >= 0.3 is 30.1 Å². The molecule has 0 bridgehead atoms. The van der Waals surface area contributed by atoms with Gasteiger partial charge in [0.25, 0.3) is 0 Å². The Balaban J connectivity index is 1.45. The average Bonchev–Trinajstić information content (AvgIpc) is 2.97. The largest absolute Gasteiger partial charge is 0.457 e. The minimum absolute atomic E-state index is 0.0492. The molecule has 252 valence electrons. The van der Waals surface area contributed by atoms with Crippen LogP contribution in [-0.2, 0) is 24.7 Å². The third kappa shape index (κ3) is 7.63. The van der Waals surface area contributed by atoms with Gasteiger partial charge in [-0.05, 0) is 84.8 Å². The van der Waals surface area contributed by atoms with Gasteiger partial charge in [0.15, 0.2) is 0 Å². The summed E-state index contributed by atoms with van der Waals surface area (Å²) in [6, 6.07) is 11.4. The van der Waals surface area contributed by atoms with Crippen molar-refractivity contribution in [3.8, 4) is 23.0 Å². The van der Waals surface area contributed by atoms with E-state index in [1.165, 1.54) is 0 Å².